The molecule has 0 atom stereocenters. The molecule has 5 heteroatoms. The van der Waals surface area contributed by atoms with Crippen molar-refractivity contribution in [2.75, 3.05) is 0 Å². The number of rotatable bonds is 2. The van der Waals surface area contributed by atoms with E-state index in [1.54, 1.807) is 52.0 Å². The first-order valence-corrected chi connectivity index (χ1v) is 6.26. The Hall–Kier alpha value is -1.59. The van der Waals surface area contributed by atoms with Crippen molar-refractivity contribution >= 4 is 5.84 Å². The fourth-order valence-electron chi connectivity index (χ4n) is 2.20. The Morgan fingerprint density at radius 3 is 2.32 bits per heavy atom. The van der Waals surface area contributed by atoms with Crippen molar-refractivity contribution in [3.8, 4) is 0 Å². The molecule has 1 radical (unpaired) electrons. The van der Waals surface area contributed by atoms with E-state index in [0.717, 1.165) is 9.80 Å². The van der Waals surface area contributed by atoms with Gasteiger partial charge in [-0.25, -0.2) is 0 Å². The molecule has 0 unspecified atom stereocenters. The molecule has 2 rings (SSSR count). The van der Waals surface area contributed by atoms with Crippen LogP contribution in [0.1, 0.15) is 38.8 Å². The van der Waals surface area contributed by atoms with Gasteiger partial charge in [-0.15, -0.1) is 0 Å². The van der Waals surface area contributed by atoms with E-state index in [1.165, 1.54) is 0 Å². The van der Waals surface area contributed by atoms with Gasteiger partial charge in [0, 0.05) is 5.21 Å². The lowest BCUT2D eigenvalue weighted by Gasteiger charge is -2.32. The summed E-state index contributed by atoms with van der Waals surface area (Å²) in [5.41, 5.74) is -0.611. The highest BCUT2D eigenvalue weighted by molar-refractivity contribution is 5.97. The molecule has 0 saturated heterocycles. The van der Waals surface area contributed by atoms with Crippen LogP contribution < -0.4 is 0 Å². The average Bonchev–Trinajstić information content (AvgIpc) is 2.49. The Morgan fingerprint density at radius 1 is 1.26 bits per heavy atom. The molecule has 0 aromatic heterocycles. The predicted octanol–water partition coefficient (Wildman–Crippen LogP) is 1.65. The molecule has 1 N–H and O–H groups in total. The Morgan fingerprint density at radius 2 is 1.84 bits per heavy atom. The molecular weight excluding hydrogens is 244 g/mol. The van der Waals surface area contributed by atoms with E-state index in [2.05, 4.69) is 0 Å². The minimum atomic E-state index is -0.841. The van der Waals surface area contributed by atoms with E-state index in [-0.39, 0.29) is 12.4 Å². The number of benzene rings is 1. The third-order valence-corrected chi connectivity index (χ3v) is 4.33. The normalized spacial score (nSPS) is 21.1. The van der Waals surface area contributed by atoms with Crippen LogP contribution in [0.15, 0.2) is 24.3 Å². The Labute approximate surface area is 113 Å². The van der Waals surface area contributed by atoms with Gasteiger partial charge in [-0.3, -0.25) is 4.74 Å². The van der Waals surface area contributed by atoms with E-state index < -0.39 is 11.1 Å². The topological polar surface area (TPSA) is 69.4 Å². The molecule has 0 aliphatic carbocycles. The minimum absolute atomic E-state index is 0.0691. The molecule has 1 aromatic rings. The van der Waals surface area contributed by atoms with Crippen LogP contribution in [0.5, 0.6) is 0 Å². The molecule has 0 spiro atoms. The van der Waals surface area contributed by atoms with E-state index in [0.29, 0.717) is 11.1 Å². The number of aliphatic hydroxyl groups excluding tert-OH is 1. The fraction of sp³-hybridized carbons (Fsp3) is 0.500. The molecule has 19 heavy (non-hydrogen) atoms. The molecule has 5 nitrogen and oxygen atoms in total. The van der Waals surface area contributed by atoms with Crippen molar-refractivity contribution in [1.82, 2.24) is 5.06 Å². The van der Waals surface area contributed by atoms with Crippen molar-refractivity contribution in [1.29, 1.82) is 0 Å². The smallest absolute Gasteiger partial charge is 0.317 e. The summed E-state index contributed by atoms with van der Waals surface area (Å²) in [4.78, 5) is 0. The summed E-state index contributed by atoms with van der Waals surface area (Å²) in [6.07, 6.45) is 0. The van der Waals surface area contributed by atoms with Crippen molar-refractivity contribution in [2.24, 2.45) is 0 Å². The van der Waals surface area contributed by atoms with Crippen LogP contribution in [0.2, 0.25) is 0 Å². The zero-order valence-electron chi connectivity index (χ0n) is 11.7. The zero-order valence-corrected chi connectivity index (χ0v) is 11.7. The van der Waals surface area contributed by atoms with Gasteiger partial charge < -0.3 is 10.3 Å². The van der Waals surface area contributed by atoms with Crippen molar-refractivity contribution in [3.05, 3.63) is 40.6 Å². The van der Waals surface area contributed by atoms with E-state index in [1.807, 2.05) is 0 Å². The van der Waals surface area contributed by atoms with Gasteiger partial charge in [0.1, 0.15) is 5.54 Å². The van der Waals surface area contributed by atoms with Gasteiger partial charge in [0.15, 0.2) is 5.54 Å². The van der Waals surface area contributed by atoms with Gasteiger partial charge in [-0.05, 0) is 39.3 Å². The van der Waals surface area contributed by atoms with E-state index >= 15 is 0 Å². The number of aliphatic hydroxyl groups is 1. The Kier molecular flexibility index (Phi) is 3.07. The van der Waals surface area contributed by atoms with E-state index in [4.69, 9.17) is 0 Å². The van der Waals surface area contributed by atoms with Gasteiger partial charge in [-0.1, -0.05) is 23.3 Å². The minimum Gasteiger partial charge on any atom is -0.714 e. The second-order valence-electron chi connectivity index (χ2n) is 5.85. The summed E-state index contributed by atoms with van der Waals surface area (Å²) in [6.45, 7) is 6.79. The highest BCUT2D eigenvalue weighted by Crippen LogP contribution is 2.37. The van der Waals surface area contributed by atoms with Gasteiger partial charge in [0.2, 0.25) is 0 Å². The molecule has 1 aliphatic rings. The second-order valence-corrected chi connectivity index (χ2v) is 5.85. The number of nitrogens with zero attached hydrogens (tertiary/aromatic N) is 2. The molecule has 1 aromatic carbocycles. The predicted molar refractivity (Wildman–Crippen MR) is 70.8 cm³/mol. The highest BCUT2D eigenvalue weighted by atomic mass is 16.5. The van der Waals surface area contributed by atoms with Crippen LogP contribution in [0.3, 0.4) is 0 Å². The quantitative estimate of drug-likeness (QED) is 0.651. The SMILES string of the molecule is CC1(C)N([O])C(c2ccccc2CO)=[N+]([O-])C1(C)C. The molecule has 0 amide bonds. The zero-order chi connectivity index (χ0) is 14.4. The van der Waals surface area contributed by atoms with Gasteiger partial charge in [0.05, 0.1) is 12.2 Å². The monoisotopic (exact) mass is 263 g/mol. The number of hydrogen-bond acceptors (Lipinski definition) is 3. The molecule has 0 saturated carbocycles. The summed E-state index contributed by atoms with van der Waals surface area (Å²) in [6, 6.07) is 6.92. The lowest BCUT2D eigenvalue weighted by Crippen LogP contribution is -2.53. The second kappa shape index (κ2) is 4.21. The van der Waals surface area contributed by atoms with Gasteiger partial charge in [0.25, 0.3) is 0 Å². The maximum absolute atomic E-state index is 12.5. The highest BCUT2D eigenvalue weighted by Gasteiger charge is 2.60. The summed E-state index contributed by atoms with van der Waals surface area (Å²) in [5, 5.41) is 35.1. The Balaban J connectivity index is 2.65. The molecule has 0 bridgehead atoms. The third-order valence-electron chi connectivity index (χ3n) is 4.33. The fourth-order valence-corrected chi connectivity index (χ4v) is 2.20. The van der Waals surface area contributed by atoms with Crippen molar-refractivity contribution in [3.63, 3.8) is 0 Å². The van der Waals surface area contributed by atoms with Gasteiger partial charge >= 0.3 is 5.84 Å². The Bertz CT molecular complexity index is 535. The van der Waals surface area contributed by atoms with Crippen LogP contribution in [0.4, 0.5) is 0 Å². The van der Waals surface area contributed by atoms with Crippen LogP contribution in [0.25, 0.3) is 0 Å². The first kappa shape index (κ1) is 13.8. The summed E-state index contributed by atoms with van der Waals surface area (Å²) < 4.78 is 0.758. The molecule has 1 aliphatic heterocycles. The summed E-state index contributed by atoms with van der Waals surface area (Å²) in [7, 11) is 0. The first-order valence-electron chi connectivity index (χ1n) is 6.26. The molecular formula is C14H19N2O3. The van der Waals surface area contributed by atoms with E-state index in [9.17, 15) is 15.5 Å². The first-order chi connectivity index (χ1) is 8.75. The van der Waals surface area contributed by atoms with Crippen LogP contribution in [-0.2, 0) is 11.8 Å². The average molecular weight is 263 g/mol. The third kappa shape index (κ3) is 1.73. The lowest BCUT2D eigenvalue weighted by atomic mass is 9.84. The number of amidine groups is 1. The largest absolute Gasteiger partial charge is 0.714 e. The van der Waals surface area contributed by atoms with Crippen molar-refractivity contribution < 1.29 is 15.1 Å². The summed E-state index contributed by atoms with van der Waals surface area (Å²) >= 11 is 0. The van der Waals surface area contributed by atoms with Gasteiger partial charge in [-0.2, -0.15) is 0 Å². The maximum Gasteiger partial charge on any atom is 0.317 e. The lowest BCUT2D eigenvalue weighted by molar-refractivity contribution is -0.539. The molecule has 0 fully saturated rings. The van der Waals surface area contributed by atoms with Crippen LogP contribution in [0, 0.1) is 5.21 Å². The molecule has 1 heterocycles. The van der Waals surface area contributed by atoms with Crippen LogP contribution in [-0.4, -0.2) is 31.8 Å². The standard InChI is InChI=1S/C14H19N2O3/c1-13(2)14(3,4)16(19)12(15(13)18)11-8-6-5-7-10(11)9-17/h5-8,17H,9H2,1-4H3. The molecule has 103 valence electrons. The summed E-state index contributed by atoms with van der Waals surface area (Å²) in [5.74, 6) is 0.0691. The maximum atomic E-state index is 12.5. The van der Waals surface area contributed by atoms with Crippen LogP contribution >= 0.6 is 0 Å². The number of hydrogen-bond donors (Lipinski definition) is 1. The number of hydroxylamine groups is 3. The van der Waals surface area contributed by atoms with Crippen molar-refractivity contribution in [2.45, 2.75) is 45.4 Å².